The van der Waals surface area contributed by atoms with E-state index in [2.05, 4.69) is 10.6 Å². The summed E-state index contributed by atoms with van der Waals surface area (Å²) in [7, 11) is 1.59. The summed E-state index contributed by atoms with van der Waals surface area (Å²) in [5, 5.41) is 6.23. The summed E-state index contributed by atoms with van der Waals surface area (Å²) >= 11 is 1.41. The Kier molecular flexibility index (Phi) is 6.20. The highest BCUT2D eigenvalue weighted by atomic mass is 32.1. The first-order chi connectivity index (χ1) is 15.8. The number of carbonyl (C=O) groups is 2. The third-order valence-electron chi connectivity index (χ3n) is 5.18. The van der Waals surface area contributed by atoms with Gasteiger partial charge in [-0.2, -0.15) is 13.2 Å². The molecule has 4 rings (SSSR count). The van der Waals surface area contributed by atoms with Gasteiger partial charge >= 0.3 is 6.18 Å². The molecule has 4 aromatic rings. The van der Waals surface area contributed by atoms with Gasteiger partial charge in [-0.05, 0) is 53.1 Å². The van der Waals surface area contributed by atoms with Gasteiger partial charge in [0.25, 0.3) is 11.8 Å². The van der Waals surface area contributed by atoms with E-state index in [0.29, 0.717) is 16.0 Å². The van der Waals surface area contributed by atoms with Crippen molar-refractivity contribution in [2.24, 2.45) is 0 Å². The van der Waals surface area contributed by atoms with Gasteiger partial charge in [0.05, 0.1) is 10.4 Å². The van der Waals surface area contributed by atoms with Gasteiger partial charge in [-0.1, -0.05) is 36.4 Å². The van der Waals surface area contributed by atoms with E-state index in [1.54, 1.807) is 19.2 Å². The first-order valence-electron chi connectivity index (χ1n) is 10.1. The average Bonchev–Trinajstić information content (AvgIpc) is 3.26. The zero-order valence-corrected chi connectivity index (χ0v) is 18.3. The zero-order chi connectivity index (χ0) is 23.6. The monoisotopic (exact) mass is 468 g/mol. The van der Waals surface area contributed by atoms with Gasteiger partial charge in [0, 0.05) is 29.2 Å². The third-order valence-corrected chi connectivity index (χ3v) is 6.28. The molecule has 2 N–H and O–H groups in total. The Hall–Kier alpha value is -3.65. The van der Waals surface area contributed by atoms with Crippen molar-refractivity contribution in [3.8, 4) is 11.1 Å². The minimum atomic E-state index is -4.43. The van der Waals surface area contributed by atoms with Crippen molar-refractivity contribution >= 4 is 33.2 Å². The lowest BCUT2D eigenvalue weighted by molar-refractivity contribution is -0.137. The molecule has 0 fully saturated rings. The number of carbonyl (C=O) groups excluding carboxylic acids is 2. The van der Waals surface area contributed by atoms with Crippen LogP contribution < -0.4 is 10.6 Å². The molecule has 0 bridgehead atoms. The molecule has 33 heavy (non-hydrogen) atoms. The van der Waals surface area contributed by atoms with Gasteiger partial charge in [0.1, 0.15) is 0 Å². The topological polar surface area (TPSA) is 58.2 Å². The third kappa shape index (κ3) is 4.90. The average molecular weight is 469 g/mol. The van der Waals surface area contributed by atoms with Crippen LogP contribution in [-0.4, -0.2) is 18.9 Å². The number of thiophene rings is 1. The molecule has 4 nitrogen and oxygen atoms in total. The summed E-state index contributed by atoms with van der Waals surface area (Å²) < 4.78 is 39.6. The first kappa shape index (κ1) is 22.5. The maximum Gasteiger partial charge on any atom is 0.416 e. The van der Waals surface area contributed by atoms with Gasteiger partial charge in [0.15, 0.2) is 0 Å². The van der Waals surface area contributed by atoms with Crippen molar-refractivity contribution in [1.29, 1.82) is 0 Å². The van der Waals surface area contributed by atoms with Crippen LogP contribution in [0, 0.1) is 0 Å². The van der Waals surface area contributed by atoms with Crippen molar-refractivity contribution in [3.05, 3.63) is 94.4 Å². The normalized spacial score (nSPS) is 11.4. The molecule has 0 atom stereocenters. The Bertz CT molecular complexity index is 1330. The van der Waals surface area contributed by atoms with E-state index in [1.165, 1.54) is 23.5 Å². The van der Waals surface area contributed by atoms with Gasteiger partial charge in [0.2, 0.25) is 0 Å². The molecule has 1 heterocycles. The summed E-state index contributed by atoms with van der Waals surface area (Å²) in [5.74, 6) is -0.524. The molecule has 0 spiro atoms. The van der Waals surface area contributed by atoms with Gasteiger partial charge in [-0.25, -0.2) is 0 Å². The van der Waals surface area contributed by atoms with E-state index in [4.69, 9.17) is 0 Å². The maximum absolute atomic E-state index is 12.9. The van der Waals surface area contributed by atoms with Crippen LogP contribution in [0.25, 0.3) is 21.2 Å². The summed E-state index contributed by atoms with van der Waals surface area (Å²) in [4.78, 5) is 25.1. The molecule has 0 saturated carbocycles. The molecule has 0 aliphatic heterocycles. The number of rotatable bonds is 5. The number of amides is 2. The number of nitrogens with one attached hydrogen (secondary N) is 2. The van der Waals surface area contributed by atoms with E-state index >= 15 is 0 Å². The smallest absolute Gasteiger partial charge is 0.354 e. The quantitative estimate of drug-likeness (QED) is 0.385. The summed E-state index contributed by atoms with van der Waals surface area (Å²) in [5.41, 5.74) is 1.84. The Morgan fingerprint density at radius 2 is 1.64 bits per heavy atom. The van der Waals surface area contributed by atoms with Crippen LogP contribution in [0.3, 0.4) is 0 Å². The highest BCUT2D eigenvalue weighted by molar-refractivity contribution is 7.20. The van der Waals surface area contributed by atoms with Crippen molar-refractivity contribution in [1.82, 2.24) is 10.6 Å². The molecule has 2 amide bonds. The Morgan fingerprint density at radius 3 is 2.33 bits per heavy atom. The highest BCUT2D eigenvalue weighted by Gasteiger charge is 2.30. The van der Waals surface area contributed by atoms with Crippen LogP contribution in [-0.2, 0) is 12.7 Å². The molecular formula is C25H19F3N2O2S. The van der Waals surface area contributed by atoms with E-state index in [-0.39, 0.29) is 18.4 Å². The van der Waals surface area contributed by atoms with Crippen molar-refractivity contribution in [2.75, 3.05) is 7.05 Å². The van der Waals surface area contributed by atoms with Crippen LogP contribution in [0.5, 0.6) is 0 Å². The SMILES string of the molecule is CNC(=O)c1cc2c(-c3ccc(C(=O)NCc4cccc(C(F)(F)F)c4)cc3)cccc2s1. The maximum atomic E-state index is 12.9. The minimum absolute atomic E-state index is 0.0129. The number of hydrogen-bond acceptors (Lipinski definition) is 3. The lowest BCUT2D eigenvalue weighted by atomic mass is 10.0. The fraction of sp³-hybridized carbons (Fsp3) is 0.120. The lowest BCUT2D eigenvalue weighted by Crippen LogP contribution is -2.23. The fourth-order valence-corrected chi connectivity index (χ4v) is 4.52. The molecule has 0 aliphatic carbocycles. The van der Waals surface area contributed by atoms with Crippen LogP contribution in [0.2, 0.25) is 0 Å². The number of alkyl halides is 3. The van der Waals surface area contributed by atoms with Gasteiger partial charge < -0.3 is 10.6 Å². The molecule has 0 aliphatic rings. The second kappa shape index (κ2) is 9.07. The molecule has 168 valence electrons. The van der Waals surface area contributed by atoms with Crippen LogP contribution in [0.4, 0.5) is 13.2 Å². The number of halogens is 3. The molecule has 8 heteroatoms. The molecule has 0 saturated heterocycles. The molecular weight excluding hydrogens is 449 g/mol. The number of hydrogen-bond donors (Lipinski definition) is 2. The molecule has 0 radical (unpaired) electrons. The first-order valence-corrected chi connectivity index (χ1v) is 10.9. The Labute approximate surface area is 192 Å². The van der Waals surface area contributed by atoms with Gasteiger partial charge in [-0.3, -0.25) is 9.59 Å². The minimum Gasteiger partial charge on any atom is -0.354 e. The van der Waals surface area contributed by atoms with E-state index in [0.717, 1.165) is 33.3 Å². The molecule has 3 aromatic carbocycles. The number of fused-ring (bicyclic) bond motifs is 1. The number of benzene rings is 3. The molecule has 1 aromatic heterocycles. The Morgan fingerprint density at radius 1 is 0.909 bits per heavy atom. The van der Waals surface area contributed by atoms with Crippen LogP contribution in [0.1, 0.15) is 31.2 Å². The standard InChI is InChI=1S/C25H19F3N2O2S/c1-29-24(32)22-13-20-19(6-3-7-21(20)33-22)16-8-10-17(11-9-16)23(31)30-14-15-4-2-5-18(12-15)25(26,27)28/h2-13H,14H2,1H3,(H,29,32)(H,30,31). The van der Waals surface area contributed by atoms with E-state index in [9.17, 15) is 22.8 Å². The zero-order valence-electron chi connectivity index (χ0n) is 17.5. The van der Waals surface area contributed by atoms with E-state index in [1.807, 2.05) is 36.4 Å². The fourth-order valence-electron chi connectivity index (χ4n) is 3.49. The summed E-state index contributed by atoms with van der Waals surface area (Å²) in [6.45, 7) is -0.0129. The second-order valence-corrected chi connectivity index (χ2v) is 8.45. The van der Waals surface area contributed by atoms with E-state index < -0.39 is 11.7 Å². The van der Waals surface area contributed by atoms with Crippen LogP contribution >= 0.6 is 11.3 Å². The van der Waals surface area contributed by atoms with Crippen molar-refractivity contribution in [3.63, 3.8) is 0 Å². The Balaban J connectivity index is 1.50. The van der Waals surface area contributed by atoms with Crippen LogP contribution in [0.15, 0.2) is 72.8 Å². The molecule has 0 unspecified atom stereocenters. The predicted octanol–water partition coefficient (Wildman–Crippen LogP) is 5.88. The second-order valence-electron chi connectivity index (χ2n) is 7.37. The van der Waals surface area contributed by atoms with Gasteiger partial charge in [-0.15, -0.1) is 11.3 Å². The van der Waals surface area contributed by atoms with Crippen molar-refractivity contribution < 1.29 is 22.8 Å². The van der Waals surface area contributed by atoms with Crippen molar-refractivity contribution in [2.45, 2.75) is 12.7 Å². The predicted molar refractivity (Wildman–Crippen MR) is 123 cm³/mol. The largest absolute Gasteiger partial charge is 0.416 e. The summed E-state index contributed by atoms with van der Waals surface area (Å²) in [6.07, 6.45) is -4.43. The summed E-state index contributed by atoms with van der Waals surface area (Å²) in [6, 6.07) is 19.5. The highest BCUT2D eigenvalue weighted by Crippen LogP contribution is 2.34. The lowest BCUT2D eigenvalue weighted by Gasteiger charge is -2.10.